The van der Waals surface area contributed by atoms with Crippen LogP contribution in [0.25, 0.3) is 5.69 Å². The smallest absolute Gasteiger partial charge is 0.0649 e. The topological polar surface area (TPSA) is 43.8 Å². The lowest BCUT2D eigenvalue weighted by atomic mass is 10.1. The maximum Gasteiger partial charge on any atom is 0.0649 e. The van der Waals surface area contributed by atoms with Gasteiger partial charge in [-0.15, -0.1) is 0 Å². The van der Waals surface area contributed by atoms with Crippen molar-refractivity contribution in [3.63, 3.8) is 0 Å². The molecule has 2 N–H and O–H groups in total. The highest BCUT2D eigenvalue weighted by atomic mass is 15.3. The van der Waals surface area contributed by atoms with Gasteiger partial charge in [-0.25, -0.2) is 4.68 Å². The number of hydrogen-bond donors (Lipinski definition) is 1. The van der Waals surface area contributed by atoms with E-state index < -0.39 is 0 Å². The lowest BCUT2D eigenvalue weighted by Gasteiger charge is -2.07. The summed E-state index contributed by atoms with van der Waals surface area (Å²) in [6.07, 6.45) is 4.55. The second-order valence-electron chi connectivity index (χ2n) is 4.27. The van der Waals surface area contributed by atoms with Crippen LogP contribution in [0.2, 0.25) is 0 Å². The number of rotatable bonds is 3. The fourth-order valence-corrected chi connectivity index (χ4v) is 2.12. The van der Waals surface area contributed by atoms with Gasteiger partial charge < -0.3 is 5.73 Å². The molecule has 1 saturated carbocycles. The molecule has 1 fully saturated rings. The van der Waals surface area contributed by atoms with Gasteiger partial charge in [-0.2, -0.15) is 5.10 Å². The molecule has 0 aliphatic heterocycles. The molecule has 16 heavy (non-hydrogen) atoms. The summed E-state index contributed by atoms with van der Waals surface area (Å²) in [6, 6.07) is 10.2. The maximum absolute atomic E-state index is 5.84. The van der Waals surface area contributed by atoms with Crippen LogP contribution in [0.1, 0.15) is 30.0 Å². The second kappa shape index (κ2) is 3.76. The summed E-state index contributed by atoms with van der Waals surface area (Å²) in [4.78, 5) is 0. The second-order valence-corrected chi connectivity index (χ2v) is 4.27. The molecule has 1 aliphatic rings. The molecular formula is C13H15N3. The monoisotopic (exact) mass is 213 g/mol. The van der Waals surface area contributed by atoms with Crippen molar-refractivity contribution < 1.29 is 0 Å². The Morgan fingerprint density at radius 2 is 2.00 bits per heavy atom. The van der Waals surface area contributed by atoms with Crippen LogP contribution in [-0.4, -0.2) is 9.78 Å². The Bertz CT molecular complexity index is 483. The predicted octanol–water partition coefficient (Wildman–Crippen LogP) is 2.21. The molecule has 3 heteroatoms. The number of nitrogens with zero attached hydrogens (tertiary/aromatic N) is 2. The molecule has 1 aromatic heterocycles. The molecule has 1 heterocycles. The van der Waals surface area contributed by atoms with Crippen molar-refractivity contribution in [2.45, 2.75) is 25.3 Å². The lowest BCUT2D eigenvalue weighted by molar-refractivity contribution is 0.797. The third-order valence-electron chi connectivity index (χ3n) is 3.11. The third kappa shape index (κ3) is 1.53. The first-order valence-electron chi connectivity index (χ1n) is 5.72. The first kappa shape index (κ1) is 9.60. The zero-order valence-corrected chi connectivity index (χ0v) is 9.13. The highest BCUT2D eigenvalue weighted by Crippen LogP contribution is 2.41. The van der Waals surface area contributed by atoms with Crippen LogP contribution >= 0.6 is 0 Å². The van der Waals surface area contributed by atoms with Crippen LogP contribution in [0.5, 0.6) is 0 Å². The molecule has 82 valence electrons. The number of nitrogens with two attached hydrogens (primary N) is 1. The van der Waals surface area contributed by atoms with Gasteiger partial charge in [0.05, 0.1) is 17.6 Å². The van der Waals surface area contributed by atoms with Crippen LogP contribution in [0.4, 0.5) is 0 Å². The molecule has 0 radical (unpaired) electrons. The minimum absolute atomic E-state index is 0.556. The number of aromatic nitrogens is 2. The van der Waals surface area contributed by atoms with E-state index >= 15 is 0 Å². The average Bonchev–Trinajstić information content (AvgIpc) is 3.09. The fourth-order valence-electron chi connectivity index (χ4n) is 2.12. The van der Waals surface area contributed by atoms with Gasteiger partial charge in [0.15, 0.2) is 0 Å². The molecule has 0 spiro atoms. The van der Waals surface area contributed by atoms with Crippen molar-refractivity contribution >= 4 is 0 Å². The summed E-state index contributed by atoms with van der Waals surface area (Å²) in [5, 5.41) is 4.46. The Morgan fingerprint density at radius 3 is 2.62 bits per heavy atom. The van der Waals surface area contributed by atoms with Gasteiger partial charge in [0, 0.05) is 6.54 Å². The van der Waals surface area contributed by atoms with Gasteiger partial charge in [-0.1, -0.05) is 18.2 Å². The number of benzene rings is 1. The van der Waals surface area contributed by atoms with Gasteiger partial charge in [0.2, 0.25) is 0 Å². The minimum atomic E-state index is 0.556. The average molecular weight is 213 g/mol. The Hall–Kier alpha value is -1.61. The van der Waals surface area contributed by atoms with Crippen molar-refractivity contribution in [2.75, 3.05) is 0 Å². The zero-order valence-electron chi connectivity index (χ0n) is 9.13. The summed E-state index contributed by atoms with van der Waals surface area (Å²) < 4.78 is 1.97. The Morgan fingerprint density at radius 1 is 1.25 bits per heavy atom. The van der Waals surface area contributed by atoms with Crippen LogP contribution < -0.4 is 5.73 Å². The largest absolute Gasteiger partial charge is 0.325 e. The van der Waals surface area contributed by atoms with E-state index in [0.29, 0.717) is 12.5 Å². The van der Waals surface area contributed by atoms with Gasteiger partial charge in [0.1, 0.15) is 0 Å². The minimum Gasteiger partial charge on any atom is -0.325 e. The van der Waals surface area contributed by atoms with Crippen LogP contribution in [0.15, 0.2) is 36.5 Å². The van der Waals surface area contributed by atoms with Crippen molar-refractivity contribution in [2.24, 2.45) is 5.73 Å². The van der Waals surface area contributed by atoms with E-state index in [4.69, 9.17) is 5.73 Å². The van der Waals surface area contributed by atoms with E-state index in [1.807, 2.05) is 29.1 Å². The van der Waals surface area contributed by atoms with E-state index in [2.05, 4.69) is 17.2 Å². The van der Waals surface area contributed by atoms with Gasteiger partial charge in [-0.05, 0) is 36.5 Å². The first-order valence-corrected chi connectivity index (χ1v) is 5.72. The molecule has 0 bridgehead atoms. The van der Waals surface area contributed by atoms with Gasteiger partial charge in [0.25, 0.3) is 0 Å². The number of para-hydroxylation sites is 1. The zero-order chi connectivity index (χ0) is 11.0. The molecular weight excluding hydrogens is 198 g/mol. The molecule has 1 aliphatic carbocycles. The fraction of sp³-hybridized carbons (Fsp3) is 0.308. The van der Waals surface area contributed by atoms with Crippen LogP contribution in [-0.2, 0) is 6.54 Å². The van der Waals surface area contributed by atoms with Crippen molar-refractivity contribution in [1.29, 1.82) is 0 Å². The van der Waals surface area contributed by atoms with E-state index in [9.17, 15) is 0 Å². The van der Waals surface area contributed by atoms with Gasteiger partial charge in [-0.3, -0.25) is 0 Å². The summed E-state index contributed by atoms with van der Waals surface area (Å²) in [6.45, 7) is 0.556. The van der Waals surface area contributed by atoms with Crippen molar-refractivity contribution in [1.82, 2.24) is 9.78 Å². The van der Waals surface area contributed by atoms with Crippen LogP contribution in [0, 0.1) is 0 Å². The van der Waals surface area contributed by atoms with E-state index in [-0.39, 0.29) is 0 Å². The standard InChI is InChI=1S/C13H15N3/c14-8-13-12(10-6-7-10)9-15-16(13)11-4-2-1-3-5-11/h1-5,9-10H,6-8,14H2. The Labute approximate surface area is 94.9 Å². The van der Waals surface area contributed by atoms with Crippen molar-refractivity contribution in [3.8, 4) is 5.69 Å². The van der Waals surface area contributed by atoms with E-state index in [0.717, 1.165) is 11.4 Å². The number of hydrogen-bond acceptors (Lipinski definition) is 2. The molecule has 0 amide bonds. The maximum atomic E-state index is 5.84. The molecule has 2 aromatic rings. The normalized spacial score (nSPS) is 15.3. The lowest BCUT2D eigenvalue weighted by Crippen LogP contribution is -2.08. The Kier molecular flexibility index (Phi) is 2.26. The highest BCUT2D eigenvalue weighted by molar-refractivity contribution is 5.37. The quantitative estimate of drug-likeness (QED) is 0.849. The molecule has 0 unspecified atom stereocenters. The predicted molar refractivity (Wildman–Crippen MR) is 63.4 cm³/mol. The molecule has 3 nitrogen and oxygen atoms in total. The molecule has 0 atom stereocenters. The summed E-state index contributed by atoms with van der Waals surface area (Å²) in [7, 11) is 0. The van der Waals surface area contributed by atoms with E-state index in [1.54, 1.807) is 0 Å². The van der Waals surface area contributed by atoms with E-state index in [1.165, 1.54) is 18.4 Å². The molecule has 0 saturated heterocycles. The molecule has 3 rings (SSSR count). The molecule has 1 aromatic carbocycles. The summed E-state index contributed by atoms with van der Waals surface area (Å²) in [5.74, 6) is 0.705. The summed E-state index contributed by atoms with van der Waals surface area (Å²) in [5.41, 5.74) is 9.43. The van der Waals surface area contributed by atoms with Gasteiger partial charge >= 0.3 is 0 Å². The van der Waals surface area contributed by atoms with Crippen molar-refractivity contribution in [3.05, 3.63) is 47.8 Å². The first-order chi connectivity index (χ1) is 7.90. The summed E-state index contributed by atoms with van der Waals surface area (Å²) >= 11 is 0. The SMILES string of the molecule is NCc1c(C2CC2)cnn1-c1ccccc1. The third-order valence-corrected chi connectivity index (χ3v) is 3.11. The highest BCUT2D eigenvalue weighted by Gasteiger charge is 2.28. The van der Waals surface area contributed by atoms with Crippen LogP contribution in [0.3, 0.4) is 0 Å². The Balaban J connectivity index is 2.07.